The Bertz CT molecular complexity index is 1200. The molecule has 0 unspecified atom stereocenters. The molecular formula is C22H22F3N3O4S. The number of hydrogen-bond acceptors (Lipinski definition) is 6. The van der Waals surface area contributed by atoms with Gasteiger partial charge >= 0.3 is 6.18 Å². The first-order chi connectivity index (χ1) is 15.6. The summed E-state index contributed by atoms with van der Waals surface area (Å²) < 4.78 is 73.4. The minimum absolute atomic E-state index is 0.286. The van der Waals surface area contributed by atoms with Crippen molar-refractivity contribution in [2.45, 2.75) is 12.8 Å². The van der Waals surface area contributed by atoms with E-state index >= 15 is 0 Å². The lowest BCUT2D eigenvalue weighted by Crippen LogP contribution is -2.36. The molecule has 1 aromatic heterocycles. The van der Waals surface area contributed by atoms with E-state index in [1.807, 2.05) is 24.3 Å². The van der Waals surface area contributed by atoms with Crippen LogP contribution in [-0.4, -0.2) is 50.8 Å². The summed E-state index contributed by atoms with van der Waals surface area (Å²) in [4.78, 5) is 2.20. The lowest BCUT2D eigenvalue weighted by Gasteiger charge is -2.28. The van der Waals surface area contributed by atoms with Crippen molar-refractivity contribution in [2.75, 3.05) is 37.5 Å². The fraction of sp³-hybridized carbons (Fsp3) is 0.318. The Morgan fingerprint density at radius 1 is 1.00 bits per heavy atom. The number of morpholine rings is 1. The summed E-state index contributed by atoms with van der Waals surface area (Å²) in [7, 11) is -3.69. The van der Waals surface area contributed by atoms with E-state index in [9.17, 15) is 21.6 Å². The minimum atomic E-state index is -4.45. The molecule has 0 saturated carbocycles. The van der Waals surface area contributed by atoms with Crippen LogP contribution in [-0.2, 0) is 31.8 Å². The molecule has 4 rings (SSSR count). The van der Waals surface area contributed by atoms with Crippen molar-refractivity contribution < 1.29 is 30.5 Å². The summed E-state index contributed by atoms with van der Waals surface area (Å²) in [5.41, 5.74) is 2.35. The van der Waals surface area contributed by atoms with Crippen molar-refractivity contribution in [1.82, 2.24) is 9.78 Å². The Kier molecular flexibility index (Phi) is 6.46. The van der Waals surface area contributed by atoms with Gasteiger partial charge in [-0.3, -0.25) is 4.18 Å². The highest BCUT2D eigenvalue weighted by molar-refractivity contribution is 7.85. The highest BCUT2D eigenvalue weighted by Gasteiger charge is 2.30. The number of ether oxygens (including phenoxy) is 1. The van der Waals surface area contributed by atoms with Crippen molar-refractivity contribution in [3.8, 4) is 16.9 Å². The third-order valence-electron chi connectivity index (χ3n) is 5.16. The van der Waals surface area contributed by atoms with Crippen LogP contribution >= 0.6 is 0 Å². The number of benzene rings is 2. The lowest BCUT2D eigenvalue weighted by molar-refractivity contribution is -0.137. The van der Waals surface area contributed by atoms with Crippen LogP contribution in [0.3, 0.4) is 0 Å². The molecule has 0 amide bonds. The molecule has 11 heteroatoms. The van der Waals surface area contributed by atoms with E-state index in [2.05, 4.69) is 10.00 Å². The van der Waals surface area contributed by atoms with Gasteiger partial charge in [-0.2, -0.15) is 26.7 Å². The zero-order valence-corrected chi connectivity index (χ0v) is 18.6. The number of aromatic nitrogens is 2. The van der Waals surface area contributed by atoms with Crippen LogP contribution in [0.25, 0.3) is 16.9 Å². The Morgan fingerprint density at radius 2 is 1.61 bits per heavy atom. The topological polar surface area (TPSA) is 73.7 Å². The lowest BCUT2D eigenvalue weighted by atomic mass is 10.1. The molecule has 0 spiro atoms. The van der Waals surface area contributed by atoms with E-state index in [1.54, 1.807) is 6.07 Å². The smallest absolute Gasteiger partial charge is 0.378 e. The second kappa shape index (κ2) is 9.16. The van der Waals surface area contributed by atoms with Crippen LogP contribution in [0.2, 0.25) is 0 Å². The first kappa shape index (κ1) is 23.3. The Labute approximate surface area is 189 Å². The van der Waals surface area contributed by atoms with Crippen LogP contribution in [0.15, 0.2) is 54.6 Å². The maximum Gasteiger partial charge on any atom is 0.416 e. The van der Waals surface area contributed by atoms with Crippen LogP contribution in [0.5, 0.6) is 0 Å². The first-order valence-electron chi connectivity index (χ1n) is 10.1. The van der Waals surface area contributed by atoms with Crippen LogP contribution in [0.4, 0.5) is 18.9 Å². The SMILES string of the molecule is CS(=O)(=O)OCc1cc(-c2ccc(N3CCOCC3)cc2)n(-c2ccc(C(F)(F)F)cc2)n1. The number of anilines is 1. The first-order valence-corrected chi connectivity index (χ1v) is 12.0. The number of alkyl halides is 3. The highest BCUT2D eigenvalue weighted by atomic mass is 32.2. The zero-order chi connectivity index (χ0) is 23.6. The number of rotatable bonds is 6. The molecule has 33 heavy (non-hydrogen) atoms. The van der Waals surface area contributed by atoms with Crippen LogP contribution < -0.4 is 4.90 Å². The van der Waals surface area contributed by atoms with Gasteiger partial charge in [0, 0.05) is 24.3 Å². The van der Waals surface area contributed by atoms with E-state index in [4.69, 9.17) is 8.92 Å². The van der Waals surface area contributed by atoms with Gasteiger partial charge in [0.15, 0.2) is 0 Å². The fourth-order valence-electron chi connectivity index (χ4n) is 3.53. The highest BCUT2D eigenvalue weighted by Crippen LogP contribution is 2.31. The van der Waals surface area contributed by atoms with Crippen LogP contribution in [0.1, 0.15) is 11.3 Å². The largest absolute Gasteiger partial charge is 0.416 e. The van der Waals surface area contributed by atoms with Gasteiger partial charge in [-0.05, 0) is 42.5 Å². The molecule has 0 atom stereocenters. The molecule has 0 aliphatic carbocycles. The van der Waals surface area contributed by atoms with Gasteiger partial charge < -0.3 is 9.64 Å². The van der Waals surface area contributed by atoms with Crippen molar-refractivity contribution in [3.05, 3.63) is 65.9 Å². The van der Waals surface area contributed by atoms with Gasteiger partial charge in [0.2, 0.25) is 0 Å². The Hall–Kier alpha value is -2.89. The molecule has 2 aromatic carbocycles. The molecule has 1 saturated heterocycles. The molecule has 2 heterocycles. The third-order valence-corrected chi connectivity index (χ3v) is 5.71. The van der Waals surface area contributed by atoms with Crippen molar-refractivity contribution in [3.63, 3.8) is 0 Å². The molecule has 0 bridgehead atoms. The molecule has 0 radical (unpaired) electrons. The summed E-state index contributed by atoms with van der Waals surface area (Å²) >= 11 is 0. The summed E-state index contributed by atoms with van der Waals surface area (Å²) in [6.07, 6.45) is -3.51. The normalized spacial score (nSPS) is 15.1. The van der Waals surface area contributed by atoms with Crippen molar-refractivity contribution >= 4 is 15.8 Å². The van der Waals surface area contributed by atoms with Crippen LogP contribution in [0, 0.1) is 0 Å². The van der Waals surface area contributed by atoms with Crippen molar-refractivity contribution in [2.24, 2.45) is 0 Å². The Balaban J connectivity index is 1.68. The average molecular weight is 481 g/mol. The van der Waals surface area contributed by atoms with E-state index < -0.39 is 21.9 Å². The predicted molar refractivity (Wildman–Crippen MR) is 117 cm³/mol. The second-order valence-electron chi connectivity index (χ2n) is 7.59. The third kappa shape index (κ3) is 5.73. The molecule has 1 fully saturated rings. The second-order valence-corrected chi connectivity index (χ2v) is 9.23. The molecule has 0 N–H and O–H groups in total. The number of nitrogens with zero attached hydrogens (tertiary/aromatic N) is 3. The van der Waals surface area contributed by atoms with E-state index in [0.717, 1.165) is 42.7 Å². The molecular weight excluding hydrogens is 459 g/mol. The fourth-order valence-corrected chi connectivity index (χ4v) is 3.86. The summed E-state index contributed by atoms with van der Waals surface area (Å²) in [5, 5.41) is 4.38. The Morgan fingerprint density at radius 3 is 2.18 bits per heavy atom. The van der Waals surface area contributed by atoms with Gasteiger partial charge in [-0.25, -0.2) is 4.68 Å². The van der Waals surface area contributed by atoms with Gasteiger partial charge in [0.05, 0.1) is 42.1 Å². The number of halogens is 3. The molecule has 7 nitrogen and oxygen atoms in total. The maximum atomic E-state index is 13.0. The quantitative estimate of drug-likeness (QED) is 0.498. The molecule has 3 aromatic rings. The standard InChI is InChI=1S/C22H22F3N3O4S/c1-33(29,30)32-15-18-14-21(16-2-6-19(7-3-16)27-10-12-31-13-11-27)28(26-18)20-8-4-17(5-9-20)22(23,24)25/h2-9,14H,10-13,15H2,1H3. The summed E-state index contributed by atoms with van der Waals surface area (Å²) in [6.45, 7) is 2.61. The minimum Gasteiger partial charge on any atom is -0.378 e. The van der Waals surface area contributed by atoms with E-state index in [-0.39, 0.29) is 6.61 Å². The van der Waals surface area contributed by atoms with Gasteiger partial charge in [0.25, 0.3) is 10.1 Å². The molecule has 176 valence electrons. The summed E-state index contributed by atoms with van der Waals surface area (Å²) in [6, 6.07) is 14.0. The predicted octanol–water partition coefficient (Wildman–Crippen LogP) is 3.87. The van der Waals surface area contributed by atoms with E-state index in [1.165, 1.54) is 16.8 Å². The van der Waals surface area contributed by atoms with Gasteiger partial charge in [-0.15, -0.1) is 0 Å². The molecule has 1 aliphatic heterocycles. The van der Waals surface area contributed by atoms with Gasteiger partial charge in [0.1, 0.15) is 6.61 Å². The van der Waals surface area contributed by atoms with Gasteiger partial charge in [-0.1, -0.05) is 12.1 Å². The summed E-state index contributed by atoms with van der Waals surface area (Å²) in [5.74, 6) is 0. The zero-order valence-electron chi connectivity index (χ0n) is 17.7. The average Bonchev–Trinajstić information content (AvgIpc) is 3.22. The molecule has 1 aliphatic rings. The van der Waals surface area contributed by atoms with E-state index in [0.29, 0.717) is 30.3 Å². The maximum absolute atomic E-state index is 13.0. The number of hydrogen-bond donors (Lipinski definition) is 0. The monoisotopic (exact) mass is 481 g/mol. The van der Waals surface area contributed by atoms with Crippen molar-refractivity contribution in [1.29, 1.82) is 0 Å².